The second-order valence-corrected chi connectivity index (χ2v) is 4.45. The highest BCUT2D eigenvalue weighted by atomic mass is 32.2. The second kappa shape index (κ2) is 3.51. The van der Waals surface area contributed by atoms with E-state index < -0.39 is 0 Å². The molecular weight excluding hydrogens is 208 g/mol. The van der Waals surface area contributed by atoms with Crippen molar-refractivity contribution in [3.63, 3.8) is 0 Å². The van der Waals surface area contributed by atoms with Crippen LogP contribution in [0.25, 0.3) is 0 Å². The van der Waals surface area contributed by atoms with E-state index >= 15 is 0 Å². The third-order valence-electron chi connectivity index (χ3n) is 1.66. The van der Waals surface area contributed by atoms with Crippen LogP contribution >= 0.6 is 23.1 Å². The molecule has 70 valence electrons. The Hall–Kier alpha value is -0.820. The Bertz CT molecular complexity index is 326. The van der Waals surface area contributed by atoms with Crippen LogP contribution in [0.15, 0.2) is 4.34 Å². The smallest absolute Gasteiger partial charge is 0.323 e. The first kappa shape index (κ1) is 8.76. The molecule has 0 atom stereocenters. The first-order chi connectivity index (χ1) is 6.31. The van der Waals surface area contributed by atoms with E-state index in [0.29, 0.717) is 18.2 Å². The van der Waals surface area contributed by atoms with Crippen molar-refractivity contribution in [2.24, 2.45) is 0 Å². The van der Waals surface area contributed by atoms with E-state index in [1.165, 1.54) is 23.1 Å². The molecule has 2 rings (SSSR count). The molecule has 1 fully saturated rings. The molecule has 0 bridgehead atoms. The summed E-state index contributed by atoms with van der Waals surface area (Å²) in [6.07, 6.45) is 1.94. The molecule has 1 saturated heterocycles. The highest BCUT2D eigenvalue weighted by Gasteiger charge is 2.24. The first-order valence-electron chi connectivity index (χ1n) is 3.74. The van der Waals surface area contributed by atoms with E-state index in [0.717, 1.165) is 4.34 Å². The number of thioether (sulfide) groups is 1. The Labute approximate surface area is 83.5 Å². The fourth-order valence-corrected chi connectivity index (χ4v) is 2.33. The summed E-state index contributed by atoms with van der Waals surface area (Å²) in [5.74, 6) is 0. The molecule has 0 unspecified atom stereocenters. The van der Waals surface area contributed by atoms with Crippen molar-refractivity contribution < 1.29 is 4.79 Å². The molecule has 1 aromatic rings. The van der Waals surface area contributed by atoms with Crippen LogP contribution in [0.2, 0.25) is 0 Å². The fraction of sp³-hybridized carbons (Fsp3) is 0.500. The molecule has 0 saturated carbocycles. The number of carbonyl (C=O) groups excluding carboxylic acids is 1. The molecular formula is C6H8N4OS2. The molecule has 1 aliphatic rings. The van der Waals surface area contributed by atoms with Crippen LogP contribution in [0.4, 0.5) is 9.93 Å². The Morgan fingerprint density at radius 3 is 3.00 bits per heavy atom. The van der Waals surface area contributed by atoms with Crippen LogP contribution in [0.3, 0.4) is 0 Å². The van der Waals surface area contributed by atoms with Gasteiger partial charge in [-0.25, -0.2) is 4.79 Å². The monoisotopic (exact) mass is 216 g/mol. The number of hydrogen-bond donors (Lipinski definition) is 1. The molecule has 0 radical (unpaired) electrons. The van der Waals surface area contributed by atoms with Crippen molar-refractivity contribution in [2.45, 2.75) is 4.34 Å². The molecule has 0 spiro atoms. The Morgan fingerprint density at radius 2 is 2.46 bits per heavy atom. The topological polar surface area (TPSA) is 58.1 Å². The van der Waals surface area contributed by atoms with Gasteiger partial charge in [0.25, 0.3) is 0 Å². The van der Waals surface area contributed by atoms with Crippen LogP contribution in [0.5, 0.6) is 0 Å². The minimum atomic E-state index is -0.0798. The van der Waals surface area contributed by atoms with Crippen LogP contribution in [-0.2, 0) is 0 Å². The summed E-state index contributed by atoms with van der Waals surface area (Å²) in [5.41, 5.74) is 0. The average molecular weight is 216 g/mol. The van der Waals surface area contributed by atoms with Crippen molar-refractivity contribution in [2.75, 3.05) is 24.2 Å². The quantitative estimate of drug-likeness (QED) is 0.586. The van der Waals surface area contributed by atoms with Gasteiger partial charge in [-0.15, -0.1) is 10.2 Å². The zero-order valence-electron chi connectivity index (χ0n) is 6.98. The van der Waals surface area contributed by atoms with Crippen molar-refractivity contribution in [1.29, 1.82) is 0 Å². The lowest BCUT2D eigenvalue weighted by Gasteiger charge is -2.07. The maximum atomic E-state index is 11.2. The first-order valence-corrected chi connectivity index (χ1v) is 5.78. The van der Waals surface area contributed by atoms with Crippen LogP contribution in [0, 0.1) is 0 Å². The Morgan fingerprint density at radius 1 is 1.62 bits per heavy atom. The van der Waals surface area contributed by atoms with Crippen molar-refractivity contribution >= 4 is 34.3 Å². The van der Waals surface area contributed by atoms with E-state index in [1.807, 2.05) is 6.26 Å². The zero-order valence-corrected chi connectivity index (χ0v) is 8.61. The summed E-state index contributed by atoms with van der Waals surface area (Å²) in [5, 5.41) is 11.3. The summed E-state index contributed by atoms with van der Waals surface area (Å²) in [7, 11) is 0. The van der Waals surface area contributed by atoms with Gasteiger partial charge in [0, 0.05) is 13.1 Å². The minimum Gasteiger partial charge on any atom is -0.336 e. The molecule has 0 aliphatic carbocycles. The van der Waals surface area contributed by atoms with E-state index in [9.17, 15) is 4.79 Å². The van der Waals surface area contributed by atoms with Gasteiger partial charge < -0.3 is 5.32 Å². The number of amides is 2. The number of nitrogens with one attached hydrogen (secondary N) is 1. The number of carbonyl (C=O) groups is 1. The third-order valence-corrected chi connectivity index (χ3v) is 3.58. The van der Waals surface area contributed by atoms with Gasteiger partial charge in [-0.05, 0) is 6.26 Å². The Kier molecular flexibility index (Phi) is 2.36. The van der Waals surface area contributed by atoms with E-state index in [4.69, 9.17) is 0 Å². The van der Waals surface area contributed by atoms with Gasteiger partial charge in [0.15, 0.2) is 4.34 Å². The molecule has 2 heterocycles. The maximum Gasteiger partial charge on any atom is 0.323 e. The average Bonchev–Trinajstić information content (AvgIpc) is 2.71. The van der Waals surface area contributed by atoms with Gasteiger partial charge in [-0.3, -0.25) is 4.90 Å². The van der Waals surface area contributed by atoms with Crippen molar-refractivity contribution in [1.82, 2.24) is 15.5 Å². The summed E-state index contributed by atoms with van der Waals surface area (Å²) < 4.78 is 0.884. The van der Waals surface area contributed by atoms with E-state index in [-0.39, 0.29) is 6.03 Å². The lowest BCUT2D eigenvalue weighted by molar-refractivity contribution is 0.252. The minimum absolute atomic E-state index is 0.0798. The molecule has 13 heavy (non-hydrogen) atoms. The van der Waals surface area contributed by atoms with Gasteiger partial charge in [0.2, 0.25) is 5.13 Å². The van der Waals surface area contributed by atoms with E-state index in [2.05, 4.69) is 15.5 Å². The molecule has 0 aromatic carbocycles. The highest BCUT2D eigenvalue weighted by molar-refractivity contribution is 8.00. The molecule has 7 heteroatoms. The normalized spacial score (nSPS) is 16.4. The number of nitrogens with zero attached hydrogens (tertiary/aromatic N) is 3. The highest BCUT2D eigenvalue weighted by Crippen LogP contribution is 2.26. The van der Waals surface area contributed by atoms with Gasteiger partial charge in [-0.2, -0.15) is 0 Å². The lowest BCUT2D eigenvalue weighted by atomic mass is 10.6. The van der Waals surface area contributed by atoms with Gasteiger partial charge >= 0.3 is 6.03 Å². The molecule has 2 amide bonds. The van der Waals surface area contributed by atoms with Crippen molar-refractivity contribution in [3.05, 3.63) is 0 Å². The number of urea groups is 1. The molecule has 1 N–H and O–H groups in total. The number of rotatable bonds is 2. The zero-order chi connectivity index (χ0) is 9.26. The molecule has 1 aromatic heterocycles. The number of hydrogen-bond acceptors (Lipinski definition) is 5. The summed E-state index contributed by atoms with van der Waals surface area (Å²) in [6, 6.07) is -0.0798. The number of aromatic nitrogens is 2. The van der Waals surface area contributed by atoms with Gasteiger partial charge in [0.05, 0.1) is 0 Å². The van der Waals surface area contributed by atoms with Crippen LogP contribution < -0.4 is 10.2 Å². The van der Waals surface area contributed by atoms with Crippen LogP contribution in [-0.4, -0.2) is 35.6 Å². The fourth-order valence-electron chi connectivity index (χ4n) is 1.05. The van der Waals surface area contributed by atoms with E-state index in [1.54, 1.807) is 4.90 Å². The predicted octanol–water partition coefficient (Wildman–Crippen LogP) is 0.790. The number of anilines is 1. The maximum absolute atomic E-state index is 11.2. The third kappa shape index (κ3) is 1.61. The second-order valence-electron chi connectivity index (χ2n) is 2.44. The summed E-state index contributed by atoms with van der Waals surface area (Å²) >= 11 is 2.98. The summed E-state index contributed by atoms with van der Waals surface area (Å²) in [4.78, 5) is 12.8. The Balaban J connectivity index is 2.19. The standard InChI is InChI=1S/C6H8N4OS2/c1-12-6-9-8-5(13-6)10-3-2-7-4(10)11/h2-3H2,1H3,(H,7,11). The van der Waals surface area contributed by atoms with Crippen molar-refractivity contribution in [3.8, 4) is 0 Å². The van der Waals surface area contributed by atoms with Crippen LogP contribution in [0.1, 0.15) is 0 Å². The largest absolute Gasteiger partial charge is 0.336 e. The molecule has 5 nitrogen and oxygen atoms in total. The van der Waals surface area contributed by atoms with Gasteiger partial charge in [-0.1, -0.05) is 23.1 Å². The molecule has 1 aliphatic heterocycles. The predicted molar refractivity (Wildman–Crippen MR) is 52.4 cm³/mol. The SMILES string of the molecule is CSc1nnc(N2CCNC2=O)s1. The van der Waals surface area contributed by atoms with Gasteiger partial charge in [0.1, 0.15) is 0 Å². The lowest BCUT2D eigenvalue weighted by Crippen LogP contribution is -2.27. The summed E-state index contributed by atoms with van der Waals surface area (Å²) in [6.45, 7) is 1.37.